The van der Waals surface area contributed by atoms with Crippen LogP contribution >= 0.6 is 0 Å². The number of carbonyl (C=O) groups is 2. The van der Waals surface area contributed by atoms with Gasteiger partial charge in [-0.05, 0) is 31.0 Å². The first-order chi connectivity index (χ1) is 12.7. The molecule has 1 atom stereocenters. The predicted molar refractivity (Wildman–Crippen MR) is 102 cm³/mol. The van der Waals surface area contributed by atoms with E-state index < -0.39 is 21.6 Å². The Morgan fingerprint density at radius 2 is 1.81 bits per heavy atom. The van der Waals surface area contributed by atoms with Gasteiger partial charge in [0.25, 0.3) is 0 Å². The monoisotopic (exact) mass is 385 g/mol. The predicted octanol–water partition coefficient (Wildman–Crippen LogP) is 1.77. The second-order valence-corrected chi connectivity index (χ2v) is 8.05. The third kappa shape index (κ3) is 3.87. The molecule has 7 nitrogen and oxygen atoms in total. The maximum absolute atomic E-state index is 12.8. The van der Waals surface area contributed by atoms with Gasteiger partial charge in [-0.2, -0.15) is 0 Å². The molecule has 0 aliphatic heterocycles. The van der Waals surface area contributed by atoms with Gasteiger partial charge in [0.2, 0.25) is 15.8 Å². The summed E-state index contributed by atoms with van der Waals surface area (Å²) in [6.45, 7) is 1.87. The minimum absolute atomic E-state index is 0.00111. The highest BCUT2D eigenvalue weighted by molar-refractivity contribution is 7.89. The van der Waals surface area contributed by atoms with Gasteiger partial charge in [-0.1, -0.05) is 30.3 Å². The molecule has 0 saturated heterocycles. The van der Waals surface area contributed by atoms with Crippen molar-refractivity contribution in [2.24, 2.45) is 15.9 Å². The Morgan fingerprint density at radius 1 is 1.11 bits per heavy atom. The highest BCUT2D eigenvalue weighted by atomic mass is 32.2. The molecule has 27 heavy (non-hydrogen) atoms. The number of aliphatic imine (C=N–C) groups is 1. The molecular weight excluding hydrogens is 366 g/mol. The zero-order valence-electron chi connectivity index (χ0n) is 14.7. The van der Waals surface area contributed by atoms with E-state index in [4.69, 9.17) is 10.9 Å². The van der Waals surface area contributed by atoms with Crippen LogP contribution in [-0.2, 0) is 16.4 Å². The molecule has 0 spiro atoms. The fourth-order valence-corrected chi connectivity index (χ4v) is 3.87. The van der Waals surface area contributed by atoms with Gasteiger partial charge in [-0.25, -0.2) is 18.5 Å². The zero-order valence-corrected chi connectivity index (χ0v) is 15.5. The third-order valence-corrected chi connectivity index (χ3v) is 5.19. The van der Waals surface area contributed by atoms with Crippen LogP contribution in [0.4, 0.5) is 5.69 Å². The first kappa shape index (κ1) is 19.1. The summed E-state index contributed by atoms with van der Waals surface area (Å²) in [7, 11) is -4.12. The lowest BCUT2D eigenvalue weighted by atomic mass is 9.88. The number of sulfonamides is 1. The SMILES string of the molecule is CC(N)Cc1ccccc1N=C1CC(=O)c2c(cccc2S(N)(=O)=O)C1=O. The van der Waals surface area contributed by atoms with E-state index in [0.717, 1.165) is 5.56 Å². The van der Waals surface area contributed by atoms with Crippen molar-refractivity contribution in [2.75, 3.05) is 0 Å². The molecule has 0 radical (unpaired) electrons. The van der Waals surface area contributed by atoms with Crippen LogP contribution < -0.4 is 10.9 Å². The molecule has 3 rings (SSSR count). The van der Waals surface area contributed by atoms with E-state index in [-0.39, 0.29) is 34.2 Å². The first-order valence-corrected chi connectivity index (χ1v) is 9.88. The number of nitrogens with two attached hydrogens (primary N) is 2. The van der Waals surface area contributed by atoms with Crippen LogP contribution in [0.3, 0.4) is 0 Å². The van der Waals surface area contributed by atoms with Crippen molar-refractivity contribution < 1.29 is 18.0 Å². The number of ketones is 2. The van der Waals surface area contributed by atoms with Crippen molar-refractivity contribution in [3.05, 3.63) is 59.2 Å². The number of hydrogen-bond donors (Lipinski definition) is 2. The van der Waals surface area contributed by atoms with Crippen LogP contribution in [0.5, 0.6) is 0 Å². The molecule has 4 N–H and O–H groups in total. The Labute approximate surface area is 157 Å². The van der Waals surface area contributed by atoms with E-state index in [1.165, 1.54) is 18.2 Å². The molecule has 0 heterocycles. The summed E-state index contributed by atoms with van der Waals surface area (Å²) in [6.07, 6.45) is 0.284. The summed E-state index contributed by atoms with van der Waals surface area (Å²) < 4.78 is 23.5. The summed E-state index contributed by atoms with van der Waals surface area (Å²) >= 11 is 0. The fourth-order valence-electron chi connectivity index (χ4n) is 3.10. The Kier molecular flexibility index (Phi) is 5.05. The number of carbonyl (C=O) groups excluding carboxylic acids is 2. The molecule has 0 saturated carbocycles. The van der Waals surface area contributed by atoms with E-state index in [0.29, 0.717) is 12.1 Å². The average molecular weight is 385 g/mol. The Morgan fingerprint density at radius 3 is 2.48 bits per heavy atom. The molecule has 140 valence electrons. The molecule has 2 aromatic rings. The molecule has 2 aromatic carbocycles. The van der Waals surface area contributed by atoms with E-state index in [1.54, 1.807) is 12.1 Å². The van der Waals surface area contributed by atoms with Gasteiger partial charge in [0.05, 0.1) is 22.7 Å². The highest BCUT2D eigenvalue weighted by Crippen LogP contribution is 2.28. The Balaban J connectivity index is 2.10. The summed E-state index contributed by atoms with van der Waals surface area (Å²) in [5.41, 5.74) is 7.20. The van der Waals surface area contributed by atoms with E-state index in [9.17, 15) is 18.0 Å². The van der Waals surface area contributed by atoms with Crippen LogP contribution in [0.1, 0.15) is 39.6 Å². The normalized spacial score (nSPS) is 17.1. The summed E-state index contributed by atoms with van der Waals surface area (Å²) in [4.78, 5) is 29.5. The average Bonchev–Trinajstić information content (AvgIpc) is 2.59. The zero-order chi connectivity index (χ0) is 19.8. The summed E-state index contributed by atoms with van der Waals surface area (Å²) in [5.74, 6) is -0.983. The van der Waals surface area contributed by atoms with Crippen molar-refractivity contribution in [1.82, 2.24) is 0 Å². The number of Topliss-reactive ketones (excluding diaryl/α,β-unsaturated/α-hetero) is 2. The number of hydrogen-bond acceptors (Lipinski definition) is 6. The highest BCUT2D eigenvalue weighted by Gasteiger charge is 2.33. The van der Waals surface area contributed by atoms with Crippen LogP contribution in [-0.4, -0.2) is 31.7 Å². The van der Waals surface area contributed by atoms with Crippen LogP contribution in [0.15, 0.2) is 52.4 Å². The van der Waals surface area contributed by atoms with Crippen molar-refractivity contribution >= 4 is 33.0 Å². The minimum atomic E-state index is -4.12. The van der Waals surface area contributed by atoms with Gasteiger partial charge in [-0.3, -0.25) is 9.59 Å². The smallest absolute Gasteiger partial charge is 0.238 e. The van der Waals surface area contributed by atoms with Crippen molar-refractivity contribution in [3.8, 4) is 0 Å². The molecule has 0 amide bonds. The number of nitrogens with zero attached hydrogens (tertiary/aromatic N) is 1. The van der Waals surface area contributed by atoms with Crippen molar-refractivity contribution in [1.29, 1.82) is 0 Å². The summed E-state index contributed by atoms with van der Waals surface area (Å²) in [6, 6.07) is 11.2. The fraction of sp³-hybridized carbons (Fsp3) is 0.211. The van der Waals surface area contributed by atoms with Crippen molar-refractivity contribution in [2.45, 2.75) is 30.7 Å². The number of rotatable bonds is 4. The quantitative estimate of drug-likeness (QED) is 0.827. The van der Waals surface area contributed by atoms with Gasteiger partial charge in [0, 0.05) is 17.2 Å². The number of primary sulfonamides is 1. The topological polar surface area (TPSA) is 133 Å². The van der Waals surface area contributed by atoms with Crippen LogP contribution in [0.25, 0.3) is 0 Å². The third-order valence-electron chi connectivity index (χ3n) is 4.24. The lowest BCUT2D eigenvalue weighted by Gasteiger charge is -2.18. The number of fused-ring (bicyclic) bond motifs is 1. The van der Waals surface area contributed by atoms with E-state index in [1.807, 2.05) is 19.1 Å². The Hall–Kier alpha value is -2.68. The maximum atomic E-state index is 12.8. The molecule has 0 aromatic heterocycles. The largest absolute Gasteiger partial charge is 0.328 e. The van der Waals surface area contributed by atoms with Gasteiger partial charge >= 0.3 is 0 Å². The molecule has 1 aliphatic carbocycles. The summed E-state index contributed by atoms with van der Waals surface area (Å²) in [5, 5.41) is 5.18. The number of benzene rings is 2. The van der Waals surface area contributed by atoms with Gasteiger partial charge in [0.15, 0.2) is 5.78 Å². The molecule has 1 unspecified atom stereocenters. The second kappa shape index (κ2) is 7.15. The molecule has 0 bridgehead atoms. The van der Waals surface area contributed by atoms with Gasteiger partial charge < -0.3 is 5.73 Å². The lowest BCUT2D eigenvalue weighted by molar-refractivity contribution is 0.0962. The van der Waals surface area contributed by atoms with Gasteiger partial charge in [0.1, 0.15) is 0 Å². The molecule has 1 aliphatic rings. The van der Waals surface area contributed by atoms with E-state index >= 15 is 0 Å². The standard InChI is InChI=1S/C19H19N3O4S/c1-11(20)9-12-5-2-3-7-14(12)22-15-10-16(23)18-13(19(15)24)6-4-8-17(18)27(21,25)26/h2-8,11H,9-10,20H2,1H3,(H2,21,25,26). The van der Waals surface area contributed by atoms with Crippen molar-refractivity contribution in [3.63, 3.8) is 0 Å². The Bertz CT molecular complexity index is 1070. The van der Waals surface area contributed by atoms with Gasteiger partial charge in [-0.15, -0.1) is 0 Å². The second-order valence-electron chi connectivity index (χ2n) is 6.52. The molecule has 0 fully saturated rings. The number of para-hydroxylation sites is 1. The van der Waals surface area contributed by atoms with Crippen LogP contribution in [0, 0.1) is 0 Å². The minimum Gasteiger partial charge on any atom is -0.328 e. The first-order valence-electron chi connectivity index (χ1n) is 8.33. The molecular formula is C19H19N3O4S. The van der Waals surface area contributed by atoms with Crippen LogP contribution in [0.2, 0.25) is 0 Å². The lowest BCUT2D eigenvalue weighted by Crippen LogP contribution is -2.30. The molecule has 8 heteroatoms. The maximum Gasteiger partial charge on any atom is 0.238 e. The van der Waals surface area contributed by atoms with E-state index in [2.05, 4.69) is 4.99 Å².